The molecule has 0 bridgehead atoms. The van der Waals surface area contributed by atoms with Crippen molar-refractivity contribution < 1.29 is 0 Å². The first-order valence-corrected chi connectivity index (χ1v) is 6.32. The van der Waals surface area contributed by atoms with Crippen LogP contribution in [-0.2, 0) is 0 Å². The molecule has 3 heteroatoms. The minimum atomic E-state index is 0.775. The van der Waals surface area contributed by atoms with E-state index in [2.05, 4.69) is 43.8 Å². The second-order valence-corrected chi connectivity index (χ2v) is 4.80. The van der Waals surface area contributed by atoms with Crippen LogP contribution in [0.4, 0.5) is 0 Å². The van der Waals surface area contributed by atoms with Crippen LogP contribution in [0.2, 0.25) is 0 Å². The summed E-state index contributed by atoms with van der Waals surface area (Å²) in [6.45, 7) is 0. The van der Waals surface area contributed by atoms with Crippen molar-refractivity contribution in [3.63, 3.8) is 0 Å². The third kappa shape index (κ3) is 2.29. The van der Waals surface area contributed by atoms with Crippen molar-refractivity contribution in [1.29, 1.82) is 0 Å². The van der Waals surface area contributed by atoms with Crippen LogP contribution in [0, 0.1) is 11.8 Å². The van der Waals surface area contributed by atoms with Gasteiger partial charge in [0.15, 0.2) is 0 Å². The fraction of sp³-hybridized carbons (Fsp3) is 0. The lowest BCUT2D eigenvalue weighted by Gasteiger charge is -1.89. The molecule has 3 aromatic rings. The maximum atomic E-state index is 4.17. The van der Waals surface area contributed by atoms with Crippen LogP contribution in [0.3, 0.4) is 0 Å². The molecule has 1 N–H and O–H groups in total. The van der Waals surface area contributed by atoms with Gasteiger partial charge in [-0.05, 0) is 42.2 Å². The number of fused-ring (bicyclic) bond motifs is 1. The molecule has 0 aliphatic carbocycles. The molecule has 1 aromatic carbocycles. The SMILES string of the molecule is Brc1ccc2cc(C#Cc3ccccn3)[nH]c2c1. The molecule has 0 saturated heterocycles. The lowest BCUT2D eigenvalue weighted by atomic mass is 10.2. The van der Waals surface area contributed by atoms with Gasteiger partial charge in [-0.1, -0.05) is 28.1 Å². The van der Waals surface area contributed by atoms with Crippen LogP contribution in [0.5, 0.6) is 0 Å². The van der Waals surface area contributed by atoms with Crippen LogP contribution in [-0.4, -0.2) is 9.97 Å². The molecule has 0 unspecified atom stereocenters. The maximum absolute atomic E-state index is 4.17. The molecule has 0 aliphatic heterocycles. The zero-order valence-corrected chi connectivity index (χ0v) is 11.0. The fourth-order valence-electron chi connectivity index (χ4n) is 1.73. The number of hydrogen-bond donors (Lipinski definition) is 1. The Hall–Kier alpha value is -2.05. The van der Waals surface area contributed by atoms with Gasteiger partial charge in [0, 0.05) is 21.6 Å². The summed E-state index contributed by atoms with van der Waals surface area (Å²) >= 11 is 3.45. The first-order chi connectivity index (χ1) is 8.81. The van der Waals surface area contributed by atoms with E-state index in [9.17, 15) is 0 Å². The topological polar surface area (TPSA) is 28.7 Å². The van der Waals surface area contributed by atoms with Gasteiger partial charge in [-0.25, -0.2) is 4.98 Å². The Morgan fingerprint density at radius 3 is 2.83 bits per heavy atom. The van der Waals surface area contributed by atoms with Gasteiger partial charge >= 0.3 is 0 Å². The van der Waals surface area contributed by atoms with Gasteiger partial charge in [0.2, 0.25) is 0 Å². The largest absolute Gasteiger partial charge is 0.348 e. The predicted octanol–water partition coefficient (Wildman–Crippen LogP) is 3.73. The minimum Gasteiger partial charge on any atom is -0.348 e. The zero-order valence-electron chi connectivity index (χ0n) is 9.44. The first-order valence-electron chi connectivity index (χ1n) is 5.52. The Bertz CT molecular complexity index is 748. The summed E-state index contributed by atoms with van der Waals surface area (Å²) in [5, 5.41) is 1.16. The highest BCUT2D eigenvalue weighted by atomic mass is 79.9. The third-order valence-electron chi connectivity index (χ3n) is 2.57. The highest BCUT2D eigenvalue weighted by molar-refractivity contribution is 9.10. The number of rotatable bonds is 0. The summed E-state index contributed by atoms with van der Waals surface area (Å²) in [6.07, 6.45) is 1.74. The second kappa shape index (κ2) is 4.67. The highest BCUT2D eigenvalue weighted by Crippen LogP contribution is 2.19. The van der Waals surface area contributed by atoms with Crippen molar-refractivity contribution in [1.82, 2.24) is 9.97 Å². The molecule has 0 aliphatic rings. The van der Waals surface area contributed by atoms with E-state index in [0.29, 0.717) is 0 Å². The molecule has 0 spiro atoms. The van der Waals surface area contributed by atoms with E-state index >= 15 is 0 Å². The highest BCUT2D eigenvalue weighted by Gasteiger charge is 1.98. The molecule has 86 valence electrons. The molecule has 0 fully saturated rings. The normalized spacial score (nSPS) is 10.1. The Kier molecular flexibility index (Phi) is 2.87. The second-order valence-electron chi connectivity index (χ2n) is 3.88. The van der Waals surface area contributed by atoms with E-state index in [1.54, 1.807) is 6.20 Å². The number of aromatic nitrogens is 2. The van der Waals surface area contributed by atoms with Crippen molar-refractivity contribution in [2.45, 2.75) is 0 Å². The van der Waals surface area contributed by atoms with Gasteiger partial charge < -0.3 is 4.98 Å². The van der Waals surface area contributed by atoms with E-state index in [-0.39, 0.29) is 0 Å². The number of nitrogens with zero attached hydrogens (tertiary/aromatic N) is 1. The lowest BCUT2D eigenvalue weighted by Crippen LogP contribution is -1.79. The van der Waals surface area contributed by atoms with E-state index in [0.717, 1.165) is 26.8 Å². The van der Waals surface area contributed by atoms with Crippen molar-refractivity contribution in [2.75, 3.05) is 0 Å². The standard InChI is InChI=1S/C15H9BrN2/c16-12-5-4-11-9-14(18-15(11)10-12)7-6-13-3-1-2-8-17-13/h1-5,8-10,18H. The van der Waals surface area contributed by atoms with E-state index < -0.39 is 0 Å². The van der Waals surface area contributed by atoms with Gasteiger partial charge in [-0.3, -0.25) is 0 Å². The van der Waals surface area contributed by atoms with Crippen molar-refractivity contribution >= 4 is 26.8 Å². The number of aromatic amines is 1. The number of pyridine rings is 1. The molecule has 2 heterocycles. The summed E-state index contributed by atoms with van der Waals surface area (Å²) in [7, 11) is 0. The van der Waals surface area contributed by atoms with Crippen LogP contribution in [0.15, 0.2) is 53.1 Å². The molecule has 2 nitrogen and oxygen atoms in total. The molecule has 0 amide bonds. The molecule has 3 rings (SSSR count). The van der Waals surface area contributed by atoms with Gasteiger partial charge in [0.1, 0.15) is 5.69 Å². The van der Waals surface area contributed by atoms with Crippen molar-refractivity contribution in [2.24, 2.45) is 0 Å². The monoisotopic (exact) mass is 296 g/mol. The minimum absolute atomic E-state index is 0.775. The Labute approximate surface area is 113 Å². The molecule has 18 heavy (non-hydrogen) atoms. The summed E-state index contributed by atoms with van der Waals surface area (Å²) in [6, 6.07) is 13.9. The summed E-state index contributed by atoms with van der Waals surface area (Å²) in [5.74, 6) is 6.12. The van der Waals surface area contributed by atoms with Gasteiger partial charge in [0.25, 0.3) is 0 Å². The summed E-state index contributed by atoms with van der Waals surface area (Å²) in [4.78, 5) is 7.44. The average molecular weight is 297 g/mol. The molecular formula is C15H9BrN2. The van der Waals surface area contributed by atoms with Crippen LogP contribution < -0.4 is 0 Å². The van der Waals surface area contributed by atoms with E-state index in [4.69, 9.17) is 0 Å². The number of H-pyrrole nitrogens is 1. The average Bonchev–Trinajstić information content (AvgIpc) is 2.79. The van der Waals surface area contributed by atoms with E-state index in [1.165, 1.54) is 0 Å². The molecular weight excluding hydrogens is 288 g/mol. The lowest BCUT2D eigenvalue weighted by molar-refractivity contribution is 1.29. The van der Waals surface area contributed by atoms with Crippen molar-refractivity contribution in [3.8, 4) is 11.8 Å². The molecule has 0 radical (unpaired) electrons. The number of benzene rings is 1. The Balaban J connectivity index is 1.99. The van der Waals surface area contributed by atoms with Crippen LogP contribution in [0.25, 0.3) is 10.9 Å². The molecule has 0 saturated carbocycles. The van der Waals surface area contributed by atoms with E-state index in [1.807, 2.05) is 36.4 Å². The smallest absolute Gasteiger partial charge is 0.113 e. The summed E-state index contributed by atoms with van der Waals surface area (Å²) in [5.41, 5.74) is 2.75. The fourth-order valence-corrected chi connectivity index (χ4v) is 2.10. The number of nitrogens with one attached hydrogen (secondary N) is 1. The quantitative estimate of drug-likeness (QED) is 0.629. The van der Waals surface area contributed by atoms with Crippen LogP contribution in [0.1, 0.15) is 11.4 Å². The van der Waals surface area contributed by atoms with Gasteiger partial charge in [0.05, 0.1) is 5.69 Å². The van der Waals surface area contributed by atoms with Gasteiger partial charge in [-0.2, -0.15) is 0 Å². The Morgan fingerprint density at radius 1 is 1.06 bits per heavy atom. The number of hydrogen-bond acceptors (Lipinski definition) is 1. The van der Waals surface area contributed by atoms with Crippen molar-refractivity contribution in [3.05, 3.63) is 64.5 Å². The number of halogens is 1. The van der Waals surface area contributed by atoms with Crippen LogP contribution >= 0.6 is 15.9 Å². The first kappa shape index (κ1) is 11.1. The zero-order chi connectivity index (χ0) is 12.4. The summed E-state index contributed by atoms with van der Waals surface area (Å²) < 4.78 is 1.06. The third-order valence-corrected chi connectivity index (χ3v) is 3.07. The predicted molar refractivity (Wildman–Crippen MR) is 76.2 cm³/mol. The maximum Gasteiger partial charge on any atom is 0.113 e. The molecule has 2 aromatic heterocycles. The Morgan fingerprint density at radius 2 is 2.00 bits per heavy atom. The van der Waals surface area contributed by atoms with Gasteiger partial charge in [-0.15, -0.1) is 0 Å². The molecule has 0 atom stereocenters.